The van der Waals surface area contributed by atoms with Gasteiger partial charge in [0.1, 0.15) is 5.82 Å². The van der Waals surface area contributed by atoms with Gasteiger partial charge in [0.05, 0.1) is 18.4 Å². The van der Waals surface area contributed by atoms with Crippen molar-refractivity contribution < 1.29 is 13.9 Å². The van der Waals surface area contributed by atoms with Gasteiger partial charge >= 0.3 is 0 Å². The van der Waals surface area contributed by atoms with Gasteiger partial charge in [0.15, 0.2) is 0 Å². The van der Waals surface area contributed by atoms with Crippen molar-refractivity contribution in [3.63, 3.8) is 0 Å². The smallest absolute Gasteiger partial charge is 0.254 e. The Morgan fingerprint density at radius 2 is 2.35 bits per heavy atom. The lowest BCUT2D eigenvalue weighted by atomic mass is 10.1. The highest BCUT2D eigenvalue weighted by molar-refractivity contribution is 5.94. The largest absolute Gasteiger partial charge is 0.396 e. The van der Waals surface area contributed by atoms with Crippen molar-refractivity contribution in [1.29, 1.82) is 0 Å². The number of hydrogen-bond acceptors (Lipinski definition) is 3. The zero-order valence-electron chi connectivity index (χ0n) is 9.65. The number of hydrogen-bond donors (Lipinski definition) is 1. The van der Waals surface area contributed by atoms with E-state index >= 15 is 0 Å². The van der Waals surface area contributed by atoms with Crippen LogP contribution in [-0.4, -0.2) is 36.6 Å². The van der Waals surface area contributed by atoms with Crippen molar-refractivity contribution in [2.45, 2.75) is 13.0 Å². The number of anilines is 1. The van der Waals surface area contributed by atoms with E-state index in [1.54, 1.807) is 11.0 Å². The third-order valence-electron chi connectivity index (χ3n) is 2.78. The molecule has 92 valence electrons. The van der Waals surface area contributed by atoms with E-state index in [9.17, 15) is 9.18 Å². The molecular formula is C12H15FN2O2. The van der Waals surface area contributed by atoms with Crippen molar-refractivity contribution in [1.82, 2.24) is 4.90 Å². The number of benzene rings is 1. The van der Waals surface area contributed by atoms with Crippen LogP contribution < -0.4 is 5.73 Å². The van der Waals surface area contributed by atoms with Crippen LogP contribution in [0.15, 0.2) is 18.2 Å². The zero-order chi connectivity index (χ0) is 12.4. The van der Waals surface area contributed by atoms with E-state index in [0.29, 0.717) is 25.3 Å². The van der Waals surface area contributed by atoms with Gasteiger partial charge in [-0.05, 0) is 25.1 Å². The molecule has 1 unspecified atom stereocenters. The summed E-state index contributed by atoms with van der Waals surface area (Å²) in [7, 11) is 0. The zero-order valence-corrected chi connectivity index (χ0v) is 9.65. The fraction of sp³-hybridized carbons (Fsp3) is 0.417. The molecule has 0 aromatic heterocycles. The minimum atomic E-state index is -0.558. The number of nitrogens with two attached hydrogens (primary N) is 1. The molecule has 2 N–H and O–H groups in total. The Balaban J connectivity index is 2.15. The second-order valence-electron chi connectivity index (χ2n) is 4.17. The van der Waals surface area contributed by atoms with Gasteiger partial charge in [0.25, 0.3) is 5.91 Å². The molecule has 1 fully saturated rings. The molecule has 1 aliphatic heterocycles. The summed E-state index contributed by atoms with van der Waals surface area (Å²) in [5, 5.41) is 0. The van der Waals surface area contributed by atoms with Gasteiger partial charge in [-0.3, -0.25) is 4.79 Å². The monoisotopic (exact) mass is 238 g/mol. The van der Waals surface area contributed by atoms with E-state index in [4.69, 9.17) is 10.5 Å². The predicted molar refractivity (Wildman–Crippen MR) is 62.1 cm³/mol. The van der Waals surface area contributed by atoms with Crippen LogP contribution in [0.4, 0.5) is 10.1 Å². The maximum atomic E-state index is 13.3. The molecule has 0 radical (unpaired) electrons. The van der Waals surface area contributed by atoms with Gasteiger partial charge in [-0.1, -0.05) is 0 Å². The Labute approximate surface area is 99.2 Å². The molecule has 1 atom stereocenters. The number of nitrogen functional groups attached to an aromatic ring is 1. The van der Waals surface area contributed by atoms with Gasteiger partial charge in [-0.15, -0.1) is 0 Å². The van der Waals surface area contributed by atoms with E-state index in [0.717, 1.165) is 0 Å². The van der Waals surface area contributed by atoms with Gasteiger partial charge in [-0.2, -0.15) is 0 Å². The summed E-state index contributed by atoms with van der Waals surface area (Å²) in [5.41, 5.74) is 5.75. The summed E-state index contributed by atoms with van der Waals surface area (Å²) >= 11 is 0. The number of nitrogens with zero attached hydrogens (tertiary/aromatic N) is 1. The summed E-state index contributed by atoms with van der Waals surface area (Å²) in [6, 6.07) is 4.13. The van der Waals surface area contributed by atoms with Crippen LogP contribution in [0, 0.1) is 5.82 Å². The molecule has 5 heteroatoms. The predicted octanol–water partition coefficient (Wildman–Crippen LogP) is 1.27. The Bertz CT molecular complexity index is 437. The summed E-state index contributed by atoms with van der Waals surface area (Å²) in [5.74, 6) is -0.740. The van der Waals surface area contributed by atoms with Crippen molar-refractivity contribution in [3.8, 4) is 0 Å². The van der Waals surface area contributed by atoms with Crippen LogP contribution in [0.2, 0.25) is 0 Å². The number of ether oxygens (including phenoxy) is 1. The lowest BCUT2D eigenvalue weighted by Gasteiger charge is -2.31. The minimum Gasteiger partial charge on any atom is -0.396 e. The minimum absolute atomic E-state index is 0.0197. The SMILES string of the molecule is CC1CN(C(=O)c2ccc(N)c(F)c2)CCO1. The summed E-state index contributed by atoms with van der Waals surface area (Å²) < 4.78 is 18.6. The second-order valence-corrected chi connectivity index (χ2v) is 4.17. The molecule has 1 aliphatic rings. The molecule has 0 aliphatic carbocycles. The fourth-order valence-corrected chi connectivity index (χ4v) is 1.85. The first-order chi connectivity index (χ1) is 8.08. The maximum absolute atomic E-state index is 13.3. The molecular weight excluding hydrogens is 223 g/mol. The van der Waals surface area contributed by atoms with Gasteiger partial charge in [0, 0.05) is 18.7 Å². The summed E-state index contributed by atoms with van der Waals surface area (Å²) in [6.45, 7) is 3.49. The topological polar surface area (TPSA) is 55.6 Å². The number of carbonyl (C=O) groups excluding carboxylic acids is 1. The van der Waals surface area contributed by atoms with Gasteiger partial charge in [-0.25, -0.2) is 4.39 Å². The number of rotatable bonds is 1. The molecule has 0 spiro atoms. The standard InChI is InChI=1S/C12H15FN2O2/c1-8-7-15(4-5-17-8)12(16)9-2-3-11(14)10(13)6-9/h2-3,6,8H,4-5,7,14H2,1H3. The molecule has 17 heavy (non-hydrogen) atoms. The molecule has 1 saturated heterocycles. The van der Waals surface area contributed by atoms with E-state index in [2.05, 4.69) is 0 Å². The average Bonchev–Trinajstić information content (AvgIpc) is 2.32. The molecule has 1 aromatic carbocycles. The third kappa shape index (κ3) is 2.55. The van der Waals surface area contributed by atoms with E-state index in [1.165, 1.54) is 12.1 Å². The normalized spacial score (nSPS) is 20.4. The lowest BCUT2D eigenvalue weighted by Crippen LogP contribution is -2.44. The average molecular weight is 238 g/mol. The maximum Gasteiger partial charge on any atom is 0.254 e. The summed E-state index contributed by atoms with van der Waals surface area (Å²) in [4.78, 5) is 13.7. The first kappa shape index (κ1) is 11.9. The number of halogens is 1. The Morgan fingerprint density at radius 1 is 1.59 bits per heavy atom. The highest BCUT2D eigenvalue weighted by atomic mass is 19.1. The Kier molecular flexibility index (Phi) is 3.28. The van der Waals surface area contributed by atoms with Gasteiger partial charge in [0.2, 0.25) is 0 Å². The van der Waals surface area contributed by atoms with Crippen molar-refractivity contribution in [2.24, 2.45) is 0 Å². The van der Waals surface area contributed by atoms with Crippen LogP contribution in [0.5, 0.6) is 0 Å². The lowest BCUT2D eigenvalue weighted by molar-refractivity contribution is -0.0124. The van der Waals surface area contributed by atoms with Crippen LogP contribution in [0.25, 0.3) is 0 Å². The Hall–Kier alpha value is -1.62. The van der Waals surface area contributed by atoms with Crippen molar-refractivity contribution >= 4 is 11.6 Å². The van der Waals surface area contributed by atoms with Crippen LogP contribution in [0.1, 0.15) is 17.3 Å². The van der Waals surface area contributed by atoms with E-state index in [-0.39, 0.29) is 17.7 Å². The van der Waals surface area contributed by atoms with Crippen molar-refractivity contribution in [3.05, 3.63) is 29.6 Å². The molecule has 1 aromatic rings. The molecule has 0 saturated carbocycles. The van der Waals surface area contributed by atoms with E-state index in [1.807, 2.05) is 6.92 Å². The van der Waals surface area contributed by atoms with E-state index < -0.39 is 5.82 Å². The van der Waals surface area contributed by atoms with Crippen LogP contribution in [0.3, 0.4) is 0 Å². The highest BCUT2D eigenvalue weighted by Crippen LogP contribution is 2.15. The molecule has 1 heterocycles. The first-order valence-electron chi connectivity index (χ1n) is 5.54. The number of carbonyl (C=O) groups is 1. The highest BCUT2D eigenvalue weighted by Gasteiger charge is 2.22. The second kappa shape index (κ2) is 4.71. The molecule has 1 amide bonds. The molecule has 2 rings (SSSR count). The molecule has 4 nitrogen and oxygen atoms in total. The molecule has 0 bridgehead atoms. The van der Waals surface area contributed by atoms with Crippen LogP contribution in [-0.2, 0) is 4.74 Å². The third-order valence-corrected chi connectivity index (χ3v) is 2.78. The van der Waals surface area contributed by atoms with Gasteiger partial charge < -0.3 is 15.4 Å². The first-order valence-corrected chi connectivity index (χ1v) is 5.54. The quantitative estimate of drug-likeness (QED) is 0.749. The van der Waals surface area contributed by atoms with Crippen molar-refractivity contribution in [2.75, 3.05) is 25.4 Å². The number of amides is 1. The number of morpholine rings is 1. The summed E-state index contributed by atoms with van der Waals surface area (Å²) in [6.07, 6.45) is 0.0197. The fourth-order valence-electron chi connectivity index (χ4n) is 1.85. The van der Waals surface area contributed by atoms with Crippen LogP contribution >= 0.6 is 0 Å². The Morgan fingerprint density at radius 3 is 3.00 bits per heavy atom.